The number of amides is 1. The molecule has 0 radical (unpaired) electrons. The number of rotatable bonds is 5. The molecular weight excluding hydrogens is 280 g/mol. The van der Waals surface area contributed by atoms with Gasteiger partial charge in [0, 0.05) is 18.5 Å². The van der Waals surface area contributed by atoms with Crippen molar-refractivity contribution in [1.29, 1.82) is 0 Å². The summed E-state index contributed by atoms with van der Waals surface area (Å²) in [5.41, 5.74) is 6.93. The molecule has 1 aromatic rings. The fraction of sp³-hybridized carbons (Fsp3) is 0.588. The highest BCUT2D eigenvalue weighted by Crippen LogP contribution is 2.49. The first-order valence-electron chi connectivity index (χ1n) is 8.16. The van der Waals surface area contributed by atoms with E-state index in [9.17, 15) is 4.79 Å². The Labute approximate surface area is 130 Å². The molecule has 1 heterocycles. The van der Waals surface area contributed by atoms with Gasteiger partial charge in [-0.05, 0) is 48.8 Å². The Morgan fingerprint density at radius 3 is 2.77 bits per heavy atom. The lowest BCUT2D eigenvalue weighted by Gasteiger charge is -2.19. The summed E-state index contributed by atoms with van der Waals surface area (Å²) in [7, 11) is 0. The number of carbonyl (C=O) groups excluding carboxylic acids is 1. The van der Waals surface area contributed by atoms with Gasteiger partial charge in [-0.3, -0.25) is 4.79 Å². The summed E-state index contributed by atoms with van der Waals surface area (Å²) in [6.45, 7) is 1.73. The average Bonchev–Trinajstić information content (AvgIpc) is 3.44. The highest BCUT2D eigenvalue weighted by molar-refractivity contribution is 5.83. The van der Waals surface area contributed by atoms with Gasteiger partial charge in [0.1, 0.15) is 13.2 Å². The molecular formula is C17H22N2O3. The van der Waals surface area contributed by atoms with E-state index >= 15 is 0 Å². The zero-order valence-corrected chi connectivity index (χ0v) is 12.6. The van der Waals surface area contributed by atoms with E-state index in [1.165, 1.54) is 18.4 Å². The predicted molar refractivity (Wildman–Crippen MR) is 82.0 cm³/mol. The van der Waals surface area contributed by atoms with Gasteiger partial charge in [0.15, 0.2) is 11.5 Å². The van der Waals surface area contributed by atoms with Crippen molar-refractivity contribution in [1.82, 2.24) is 5.32 Å². The molecule has 1 aromatic carbocycles. The number of hydrogen-bond acceptors (Lipinski definition) is 4. The van der Waals surface area contributed by atoms with Crippen LogP contribution in [0, 0.1) is 11.8 Å². The molecule has 0 saturated heterocycles. The Morgan fingerprint density at radius 1 is 1.27 bits per heavy atom. The van der Waals surface area contributed by atoms with Crippen molar-refractivity contribution >= 4 is 5.91 Å². The molecule has 3 atom stereocenters. The third kappa shape index (κ3) is 2.65. The largest absolute Gasteiger partial charge is 0.486 e. The van der Waals surface area contributed by atoms with Crippen LogP contribution in [0.4, 0.5) is 0 Å². The second kappa shape index (κ2) is 5.47. The molecule has 118 valence electrons. The molecule has 4 rings (SSSR count). The van der Waals surface area contributed by atoms with Gasteiger partial charge in [0.25, 0.3) is 0 Å². The maximum Gasteiger partial charge on any atom is 0.224 e. The zero-order chi connectivity index (χ0) is 15.1. The van der Waals surface area contributed by atoms with Gasteiger partial charge in [-0.15, -0.1) is 0 Å². The van der Waals surface area contributed by atoms with Crippen molar-refractivity contribution in [2.24, 2.45) is 17.6 Å². The maximum atomic E-state index is 12.4. The smallest absolute Gasteiger partial charge is 0.224 e. The molecule has 0 spiro atoms. The minimum absolute atomic E-state index is 0.0790. The summed E-state index contributed by atoms with van der Waals surface area (Å²) >= 11 is 0. The Morgan fingerprint density at radius 2 is 2.05 bits per heavy atom. The number of fused-ring (bicyclic) bond motifs is 1. The Bertz CT molecular complexity index is 585. The molecule has 3 N–H and O–H groups in total. The molecule has 0 bridgehead atoms. The summed E-state index contributed by atoms with van der Waals surface area (Å²) in [5, 5.41) is 3.13. The fourth-order valence-electron chi connectivity index (χ4n) is 3.30. The maximum absolute atomic E-state index is 12.4. The van der Waals surface area contributed by atoms with Crippen molar-refractivity contribution in [3.8, 4) is 11.5 Å². The lowest BCUT2D eigenvalue weighted by molar-refractivity contribution is -0.123. The molecule has 2 aliphatic carbocycles. The van der Waals surface area contributed by atoms with Crippen LogP contribution in [0.15, 0.2) is 18.2 Å². The first-order chi connectivity index (χ1) is 10.8. The zero-order valence-electron chi connectivity index (χ0n) is 12.6. The molecule has 1 amide bonds. The lowest BCUT2D eigenvalue weighted by Crippen LogP contribution is -2.42. The Hall–Kier alpha value is -1.75. The van der Waals surface area contributed by atoms with Crippen LogP contribution in [0.3, 0.4) is 0 Å². The van der Waals surface area contributed by atoms with Gasteiger partial charge >= 0.3 is 0 Å². The number of ether oxygens (including phenoxy) is 2. The van der Waals surface area contributed by atoms with E-state index in [4.69, 9.17) is 15.2 Å². The first-order valence-corrected chi connectivity index (χ1v) is 8.16. The second-order valence-electron chi connectivity index (χ2n) is 6.54. The van der Waals surface area contributed by atoms with Crippen molar-refractivity contribution in [2.75, 3.05) is 19.8 Å². The van der Waals surface area contributed by atoms with Crippen LogP contribution < -0.4 is 20.5 Å². The first kappa shape index (κ1) is 13.9. The molecule has 3 aliphatic rings. The second-order valence-corrected chi connectivity index (χ2v) is 6.54. The van der Waals surface area contributed by atoms with E-state index in [-0.39, 0.29) is 17.9 Å². The van der Waals surface area contributed by atoms with Gasteiger partial charge in [0.2, 0.25) is 5.91 Å². The number of carbonyl (C=O) groups is 1. The third-order valence-electron chi connectivity index (χ3n) is 4.89. The fourth-order valence-corrected chi connectivity index (χ4v) is 3.30. The molecule has 3 unspecified atom stereocenters. The molecule has 5 nitrogen and oxygen atoms in total. The van der Waals surface area contributed by atoms with Crippen LogP contribution in [-0.4, -0.2) is 31.7 Å². The third-order valence-corrected chi connectivity index (χ3v) is 4.89. The summed E-state index contributed by atoms with van der Waals surface area (Å²) in [6, 6.07) is 6.18. The van der Waals surface area contributed by atoms with Crippen LogP contribution in [0.1, 0.15) is 30.7 Å². The van der Waals surface area contributed by atoms with Crippen LogP contribution in [0.2, 0.25) is 0 Å². The van der Waals surface area contributed by atoms with Crippen LogP contribution in [-0.2, 0) is 4.79 Å². The number of benzene rings is 1. The molecule has 0 aromatic heterocycles. The van der Waals surface area contributed by atoms with E-state index in [1.807, 2.05) is 18.2 Å². The van der Waals surface area contributed by atoms with Gasteiger partial charge < -0.3 is 20.5 Å². The minimum Gasteiger partial charge on any atom is -0.486 e. The van der Waals surface area contributed by atoms with Crippen LogP contribution >= 0.6 is 0 Å². The molecule has 1 aliphatic heterocycles. The number of nitrogens with two attached hydrogens (primary N) is 1. The van der Waals surface area contributed by atoms with Gasteiger partial charge in [-0.25, -0.2) is 0 Å². The Balaban J connectivity index is 1.40. The summed E-state index contributed by atoms with van der Waals surface area (Å²) in [4.78, 5) is 12.4. The standard InChI is InChI=1S/C17H22N2O3/c18-9-14(10-1-2-10)19-17(20)13-8-12(13)11-3-4-15-16(7-11)22-6-5-21-15/h3-4,7,10,12-14H,1-2,5-6,8-9,18H2,(H,19,20). The predicted octanol–water partition coefficient (Wildman–Crippen LogP) is 1.41. The topological polar surface area (TPSA) is 73.6 Å². The minimum atomic E-state index is 0.0790. The van der Waals surface area contributed by atoms with Crippen molar-refractivity contribution in [2.45, 2.75) is 31.2 Å². The average molecular weight is 302 g/mol. The quantitative estimate of drug-likeness (QED) is 0.862. The molecule has 2 saturated carbocycles. The Kier molecular flexibility index (Phi) is 3.45. The normalized spacial score (nSPS) is 27.1. The van der Waals surface area contributed by atoms with Crippen LogP contribution in [0.5, 0.6) is 11.5 Å². The number of nitrogens with one attached hydrogen (secondary N) is 1. The summed E-state index contributed by atoms with van der Waals surface area (Å²) in [6.07, 6.45) is 3.30. The van der Waals surface area contributed by atoms with Crippen molar-refractivity contribution in [3.63, 3.8) is 0 Å². The van der Waals surface area contributed by atoms with Gasteiger partial charge in [-0.1, -0.05) is 6.07 Å². The summed E-state index contributed by atoms with van der Waals surface area (Å²) < 4.78 is 11.2. The summed E-state index contributed by atoms with van der Waals surface area (Å²) in [5.74, 6) is 2.73. The van der Waals surface area contributed by atoms with E-state index in [0.717, 1.165) is 17.9 Å². The van der Waals surface area contributed by atoms with E-state index in [0.29, 0.717) is 31.6 Å². The monoisotopic (exact) mass is 302 g/mol. The van der Waals surface area contributed by atoms with Gasteiger partial charge in [0.05, 0.1) is 0 Å². The van der Waals surface area contributed by atoms with E-state index < -0.39 is 0 Å². The number of hydrogen-bond donors (Lipinski definition) is 2. The lowest BCUT2D eigenvalue weighted by atomic mass is 10.1. The highest BCUT2D eigenvalue weighted by atomic mass is 16.6. The van der Waals surface area contributed by atoms with Crippen molar-refractivity contribution < 1.29 is 14.3 Å². The molecule has 5 heteroatoms. The van der Waals surface area contributed by atoms with Crippen molar-refractivity contribution in [3.05, 3.63) is 23.8 Å². The van der Waals surface area contributed by atoms with E-state index in [1.54, 1.807) is 0 Å². The van der Waals surface area contributed by atoms with Crippen LogP contribution in [0.25, 0.3) is 0 Å². The molecule has 2 fully saturated rings. The van der Waals surface area contributed by atoms with E-state index in [2.05, 4.69) is 5.32 Å². The van der Waals surface area contributed by atoms with Gasteiger partial charge in [-0.2, -0.15) is 0 Å². The molecule has 22 heavy (non-hydrogen) atoms. The SMILES string of the molecule is NCC(NC(=O)C1CC1c1ccc2c(c1)OCCO2)C1CC1. The highest BCUT2D eigenvalue weighted by Gasteiger charge is 2.45.